The quantitative estimate of drug-likeness (QED) is 0.558. The number of aromatic nitrogens is 1. The number of carbonyl (C=O) groups is 1. The summed E-state index contributed by atoms with van der Waals surface area (Å²) in [6.07, 6.45) is 0. The van der Waals surface area contributed by atoms with E-state index in [1.165, 1.54) is 5.39 Å². The number of nitrogens with one attached hydrogen (secondary N) is 1. The van der Waals surface area contributed by atoms with Crippen molar-refractivity contribution in [3.63, 3.8) is 0 Å². The molecule has 0 atom stereocenters. The van der Waals surface area contributed by atoms with Crippen molar-refractivity contribution in [1.29, 1.82) is 0 Å². The van der Waals surface area contributed by atoms with Crippen LogP contribution in [0.15, 0.2) is 65.1 Å². The summed E-state index contributed by atoms with van der Waals surface area (Å²) in [6.45, 7) is 3.73. The Morgan fingerprint density at radius 2 is 1.80 bits per heavy atom. The first kappa shape index (κ1) is 15.4. The molecule has 0 aliphatic rings. The number of nitrogens with zero attached hydrogens (tertiary/aromatic N) is 1. The van der Waals surface area contributed by atoms with Gasteiger partial charge in [-0.3, -0.25) is 4.79 Å². The molecule has 4 nitrogen and oxygen atoms in total. The van der Waals surface area contributed by atoms with E-state index in [0.717, 1.165) is 22.2 Å². The molecule has 4 aromatic rings. The second kappa shape index (κ2) is 6.06. The van der Waals surface area contributed by atoms with Gasteiger partial charge in [0.15, 0.2) is 5.58 Å². The van der Waals surface area contributed by atoms with Crippen molar-refractivity contribution in [3.05, 3.63) is 60.7 Å². The fourth-order valence-electron chi connectivity index (χ4n) is 2.74. The van der Waals surface area contributed by atoms with Gasteiger partial charge in [-0.15, -0.1) is 0 Å². The van der Waals surface area contributed by atoms with Gasteiger partial charge < -0.3 is 9.73 Å². The van der Waals surface area contributed by atoms with Crippen LogP contribution in [0.5, 0.6) is 0 Å². The summed E-state index contributed by atoms with van der Waals surface area (Å²) >= 11 is 0. The molecule has 25 heavy (non-hydrogen) atoms. The van der Waals surface area contributed by atoms with Crippen molar-refractivity contribution in [2.45, 2.75) is 13.8 Å². The number of carbonyl (C=O) groups excluding carboxylic acids is 1. The van der Waals surface area contributed by atoms with E-state index in [9.17, 15) is 4.79 Å². The standard InChI is InChI=1S/C21H18N2O2/c1-13(2)20(24)22-17-9-10-19-18(12-17)23-21(25-19)16-8-7-14-5-3-4-6-15(14)11-16/h3-13H,1-2H3,(H,22,24). The Hall–Kier alpha value is -3.14. The van der Waals surface area contributed by atoms with Crippen LogP contribution >= 0.6 is 0 Å². The lowest BCUT2D eigenvalue weighted by Crippen LogP contribution is -2.17. The molecule has 0 saturated carbocycles. The van der Waals surface area contributed by atoms with Crippen LogP contribution < -0.4 is 5.32 Å². The molecule has 1 N–H and O–H groups in total. The molecule has 0 saturated heterocycles. The zero-order valence-corrected chi connectivity index (χ0v) is 14.1. The number of amides is 1. The molecule has 4 heteroatoms. The number of rotatable bonds is 3. The fraction of sp³-hybridized carbons (Fsp3) is 0.143. The predicted molar refractivity (Wildman–Crippen MR) is 100 cm³/mol. The fourth-order valence-corrected chi connectivity index (χ4v) is 2.74. The Balaban J connectivity index is 1.71. The summed E-state index contributed by atoms with van der Waals surface area (Å²) in [7, 11) is 0. The van der Waals surface area contributed by atoms with Gasteiger partial charge in [0.2, 0.25) is 11.8 Å². The molecule has 0 aliphatic carbocycles. The zero-order valence-electron chi connectivity index (χ0n) is 14.1. The van der Waals surface area contributed by atoms with E-state index in [2.05, 4.69) is 34.6 Å². The number of hydrogen-bond donors (Lipinski definition) is 1. The molecular weight excluding hydrogens is 312 g/mol. The average Bonchev–Trinajstić information content (AvgIpc) is 3.04. The third kappa shape index (κ3) is 2.98. The highest BCUT2D eigenvalue weighted by Crippen LogP contribution is 2.28. The van der Waals surface area contributed by atoms with Crippen molar-refractivity contribution in [2.24, 2.45) is 5.92 Å². The highest BCUT2D eigenvalue weighted by Gasteiger charge is 2.11. The Kier molecular flexibility index (Phi) is 3.73. The summed E-state index contributed by atoms with van der Waals surface area (Å²) in [5.41, 5.74) is 3.09. The Morgan fingerprint density at radius 1 is 1.00 bits per heavy atom. The van der Waals surface area contributed by atoms with Gasteiger partial charge >= 0.3 is 0 Å². The molecule has 0 aliphatic heterocycles. The van der Waals surface area contributed by atoms with Crippen molar-refractivity contribution in [3.8, 4) is 11.5 Å². The van der Waals surface area contributed by atoms with E-state index < -0.39 is 0 Å². The molecule has 124 valence electrons. The highest BCUT2D eigenvalue weighted by atomic mass is 16.3. The zero-order chi connectivity index (χ0) is 17.4. The summed E-state index contributed by atoms with van der Waals surface area (Å²) in [4.78, 5) is 16.4. The normalized spacial score (nSPS) is 11.3. The molecular formula is C21H18N2O2. The summed E-state index contributed by atoms with van der Waals surface area (Å²) < 4.78 is 5.89. The maximum Gasteiger partial charge on any atom is 0.227 e. The van der Waals surface area contributed by atoms with E-state index in [-0.39, 0.29) is 11.8 Å². The third-order valence-electron chi connectivity index (χ3n) is 4.18. The number of benzene rings is 3. The van der Waals surface area contributed by atoms with Gasteiger partial charge in [-0.2, -0.15) is 0 Å². The average molecular weight is 330 g/mol. The van der Waals surface area contributed by atoms with Crippen LogP contribution in [0.4, 0.5) is 5.69 Å². The van der Waals surface area contributed by atoms with Gasteiger partial charge in [0.1, 0.15) is 5.52 Å². The Morgan fingerprint density at radius 3 is 2.60 bits per heavy atom. The van der Waals surface area contributed by atoms with E-state index >= 15 is 0 Å². The number of anilines is 1. The molecule has 4 rings (SSSR count). The van der Waals surface area contributed by atoms with Crippen LogP contribution in [0.2, 0.25) is 0 Å². The number of oxazole rings is 1. The first-order valence-corrected chi connectivity index (χ1v) is 8.31. The van der Waals surface area contributed by atoms with Crippen molar-refractivity contribution in [2.75, 3.05) is 5.32 Å². The van der Waals surface area contributed by atoms with E-state index in [1.807, 2.05) is 50.2 Å². The minimum absolute atomic E-state index is 0.0161. The Bertz CT molecular complexity index is 1080. The molecule has 0 bridgehead atoms. The lowest BCUT2D eigenvalue weighted by Gasteiger charge is -2.06. The van der Waals surface area contributed by atoms with Gasteiger partial charge in [0, 0.05) is 17.2 Å². The van der Waals surface area contributed by atoms with Gasteiger partial charge in [-0.25, -0.2) is 4.98 Å². The maximum atomic E-state index is 11.8. The summed E-state index contributed by atoms with van der Waals surface area (Å²) in [5, 5.41) is 5.21. The first-order valence-electron chi connectivity index (χ1n) is 8.31. The van der Waals surface area contributed by atoms with Crippen molar-refractivity contribution >= 4 is 33.5 Å². The minimum Gasteiger partial charge on any atom is -0.436 e. The van der Waals surface area contributed by atoms with Gasteiger partial charge in [0.25, 0.3) is 0 Å². The van der Waals surface area contributed by atoms with Crippen LogP contribution in [0, 0.1) is 5.92 Å². The lowest BCUT2D eigenvalue weighted by atomic mass is 10.1. The van der Waals surface area contributed by atoms with E-state index in [1.54, 1.807) is 0 Å². The monoisotopic (exact) mass is 330 g/mol. The molecule has 0 spiro atoms. The Labute approximate surface area is 145 Å². The highest BCUT2D eigenvalue weighted by molar-refractivity contribution is 5.94. The van der Waals surface area contributed by atoms with E-state index in [0.29, 0.717) is 11.5 Å². The molecule has 1 heterocycles. The number of fused-ring (bicyclic) bond motifs is 2. The maximum absolute atomic E-state index is 11.8. The van der Waals surface area contributed by atoms with Crippen LogP contribution in [0.25, 0.3) is 33.3 Å². The molecule has 0 radical (unpaired) electrons. The minimum atomic E-state index is -0.0684. The molecule has 0 fully saturated rings. The van der Waals surface area contributed by atoms with Crippen LogP contribution in [-0.4, -0.2) is 10.9 Å². The first-order chi connectivity index (χ1) is 12.1. The second-order valence-corrected chi connectivity index (χ2v) is 6.41. The molecule has 1 amide bonds. The SMILES string of the molecule is CC(C)C(=O)Nc1ccc2oc(-c3ccc4ccccc4c3)nc2c1. The van der Waals surface area contributed by atoms with Crippen LogP contribution in [-0.2, 0) is 4.79 Å². The summed E-state index contributed by atoms with van der Waals surface area (Å²) in [6, 6.07) is 19.8. The van der Waals surface area contributed by atoms with Gasteiger partial charge in [0.05, 0.1) is 0 Å². The predicted octanol–water partition coefficient (Wildman–Crippen LogP) is 5.24. The van der Waals surface area contributed by atoms with Crippen molar-refractivity contribution < 1.29 is 9.21 Å². The smallest absolute Gasteiger partial charge is 0.227 e. The third-order valence-corrected chi connectivity index (χ3v) is 4.18. The van der Waals surface area contributed by atoms with Crippen molar-refractivity contribution in [1.82, 2.24) is 4.98 Å². The molecule has 0 unspecified atom stereocenters. The second-order valence-electron chi connectivity index (χ2n) is 6.41. The van der Waals surface area contributed by atoms with Crippen LogP contribution in [0.1, 0.15) is 13.8 Å². The largest absolute Gasteiger partial charge is 0.436 e. The topological polar surface area (TPSA) is 55.1 Å². The number of hydrogen-bond acceptors (Lipinski definition) is 3. The lowest BCUT2D eigenvalue weighted by molar-refractivity contribution is -0.118. The van der Waals surface area contributed by atoms with Gasteiger partial charge in [-0.05, 0) is 41.1 Å². The molecule has 3 aromatic carbocycles. The van der Waals surface area contributed by atoms with Gasteiger partial charge in [-0.1, -0.05) is 44.2 Å². The van der Waals surface area contributed by atoms with Crippen LogP contribution in [0.3, 0.4) is 0 Å². The summed E-state index contributed by atoms with van der Waals surface area (Å²) in [5.74, 6) is 0.492. The molecule has 1 aromatic heterocycles. The van der Waals surface area contributed by atoms with E-state index in [4.69, 9.17) is 4.42 Å².